The molecule has 1 unspecified atom stereocenters. The summed E-state index contributed by atoms with van der Waals surface area (Å²) in [5.74, 6) is 0.952. The van der Waals surface area contributed by atoms with Crippen molar-refractivity contribution in [3.05, 3.63) is 28.5 Å². The Hall–Kier alpha value is -0.580. The number of rotatable bonds is 5. The van der Waals surface area contributed by atoms with Crippen LogP contribution in [0.5, 0.6) is 0 Å². The predicted octanol–water partition coefficient (Wildman–Crippen LogP) is 4.05. The molecule has 3 nitrogen and oxygen atoms in total. The molecule has 1 atom stereocenters. The van der Waals surface area contributed by atoms with Crippen LogP contribution in [-0.2, 0) is 6.54 Å². The Bertz CT molecular complexity index is 563. The van der Waals surface area contributed by atoms with E-state index in [0.29, 0.717) is 0 Å². The summed E-state index contributed by atoms with van der Waals surface area (Å²) in [5, 5.41) is -0.0782. The normalized spacial score (nSPS) is 13.4. The third kappa shape index (κ3) is 3.50. The molecular weight excluding hydrogens is 326 g/mol. The first-order valence-electron chi connectivity index (χ1n) is 6.43. The van der Waals surface area contributed by atoms with E-state index >= 15 is 0 Å². The van der Waals surface area contributed by atoms with Gasteiger partial charge in [0.05, 0.1) is 16.4 Å². The van der Waals surface area contributed by atoms with Crippen molar-refractivity contribution in [2.24, 2.45) is 0 Å². The molecule has 104 valence electrons. The van der Waals surface area contributed by atoms with Crippen LogP contribution in [-0.4, -0.2) is 35.1 Å². The van der Waals surface area contributed by atoms with E-state index in [1.165, 1.54) is 0 Å². The molecule has 0 spiro atoms. The maximum atomic E-state index is 6.26. The van der Waals surface area contributed by atoms with Crippen LogP contribution in [0.15, 0.2) is 22.7 Å². The fraction of sp³-hybridized carbons (Fsp3) is 0.500. The van der Waals surface area contributed by atoms with Crippen molar-refractivity contribution < 1.29 is 0 Å². The molecule has 0 aliphatic carbocycles. The summed E-state index contributed by atoms with van der Waals surface area (Å²) in [6.45, 7) is 3.98. The van der Waals surface area contributed by atoms with Gasteiger partial charge in [-0.25, -0.2) is 4.98 Å². The molecule has 2 rings (SSSR count). The van der Waals surface area contributed by atoms with Gasteiger partial charge in [0.15, 0.2) is 0 Å². The highest BCUT2D eigenvalue weighted by Gasteiger charge is 2.14. The van der Waals surface area contributed by atoms with Crippen molar-refractivity contribution in [1.29, 1.82) is 0 Å². The molecule has 0 bridgehead atoms. The smallest absolute Gasteiger partial charge is 0.127 e. The summed E-state index contributed by atoms with van der Waals surface area (Å²) < 4.78 is 3.29. The number of hydrogen-bond donors (Lipinski definition) is 0. The van der Waals surface area contributed by atoms with Gasteiger partial charge in [0, 0.05) is 11.0 Å². The second-order valence-corrected chi connectivity index (χ2v) is 6.60. The minimum absolute atomic E-state index is 0.0782. The summed E-state index contributed by atoms with van der Waals surface area (Å²) in [7, 11) is 4.18. The Kier molecular flexibility index (Phi) is 4.87. The standard InChI is InChI=1S/C14H19BrClN3/c1-10(16)14-17-12-9-11(15)5-6-13(12)19(14)8-4-7-18(2)3/h5-6,9-10H,4,7-8H2,1-3H3. The monoisotopic (exact) mass is 343 g/mol. The Morgan fingerprint density at radius 3 is 2.79 bits per heavy atom. The van der Waals surface area contributed by atoms with E-state index in [1.807, 2.05) is 13.0 Å². The molecule has 0 amide bonds. The Labute approximate surface area is 127 Å². The van der Waals surface area contributed by atoms with Crippen LogP contribution in [0.4, 0.5) is 0 Å². The molecule has 1 aromatic heterocycles. The average molecular weight is 345 g/mol. The molecule has 2 aromatic rings. The van der Waals surface area contributed by atoms with E-state index < -0.39 is 0 Å². The number of benzene rings is 1. The van der Waals surface area contributed by atoms with Crippen molar-refractivity contribution >= 4 is 38.6 Å². The van der Waals surface area contributed by atoms with Gasteiger partial charge in [0.2, 0.25) is 0 Å². The summed E-state index contributed by atoms with van der Waals surface area (Å²) in [5.41, 5.74) is 2.16. The van der Waals surface area contributed by atoms with E-state index in [4.69, 9.17) is 11.6 Å². The first-order valence-corrected chi connectivity index (χ1v) is 7.66. The molecular formula is C14H19BrClN3. The van der Waals surface area contributed by atoms with E-state index in [-0.39, 0.29) is 5.38 Å². The molecule has 0 radical (unpaired) electrons. The minimum Gasteiger partial charge on any atom is -0.327 e. The number of hydrogen-bond acceptors (Lipinski definition) is 2. The highest BCUT2D eigenvalue weighted by Crippen LogP contribution is 2.26. The largest absolute Gasteiger partial charge is 0.327 e. The van der Waals surface area contributed by atoms with E-state index in [2.05, 4.69) is 56.6 Å². The number of aromatic nitrogens is 2. The molecule has 1 aromatic carbocycles. The van der Waals surface area contributed by atoms with Gasteiger partial charge in [0.25, 0.3) is 0 Å². The van der Waals surface area contributed by atoms with Gasteiger partial charge in [0.1, 0.15) is 5.82 Å². The van der Waals surface area contributed by atoms with Gasteiger partial charge in [-0.2, -0.15) is 0 Å². The molecule has 5 heteroatoms. The zero-order valence-electron chi connectivity index (χ0n) is 11.5. The summed E-state index contributed by atoms with van der Waals surface area (Å²) in [6, 6.07) is 6.19. The van der Waals surface area contributed by atoms with E-state index in [9.17, 15) is 0 Å². The number of alkyl halides is 1. The molecule has 0 aliphatic heterocycles. The number of aryl methyl sites for hydroxylation is 1. The van der Waals surface area contributed by atoms with Crippen LogP contribution in [0.25, 0.3) is 11.0 Å². The van der Waals surface area contributed by atoms with Gasteiger partial charge in [-0.1, -0.05) is 15.9 Å². The average Bonchev–Trinajstić information content (AvgIpc) is 2.67. The topological polar surface area (TPSA) is 21.1 Å². The van der Waals surface area contributed by atoms with Crippen LogP contribution < -0.4 is 0 Å². The SMILES string of the molecule is CC(Cl)c1nc2cc(Br)ccc2n1CCCN(C)C. The zero-order valence-corrected chi connectivity index (χ0v) is 13.9. The number of halogens is 2. The van der Waals surface area contributed by atoms with Crippen molar-refractivity contribution in [2.75, 3.05) is 20.6 Å². The van der Waals surface area contributed by atoms with Crippen LogP contribution in [0.1, 0.15) is 24.5 Å². The Morgan fingerprint density at radius 2 is 2.16 bits per heavy atom. The summed E-state index contributed by atoms with van der Waals surface area (Å²) in [4.78, 5) is 6.85. The van der Waals surface area contributed by atoms with Crippen LogP contribution in [0.3, 0.4) is 0 Å². The lowest BCUT2D eigenvalue weighted by molar-refractivity contribution is 0.386. The summed E-state index contributed by atoms with van der Waals surface area (Å²) >= 11 is 9.74. The number of fused-ring (bicyclic) bond motifs is 1. The lowest BCUT2D eigenvalue weighted by atomic mass is 10.3. The van der Waals surface area contributed by atoms with Gasteiger partial charge in [-0.15, -0.1) is 11.6 Å². The van der Waals surface area contributed by atoms with Crippen molar-refractivity contribution in [1.82, 2.24) is 14.5 Å². The van der Waals surface area contributed by atoms with E-state index in [1.54, 1.807) is 0 Å². The molecule has 0 fully saturated rings. The van der Waals surface area contributed by atoms with Crippen molar-refractivity contribution in [3.63, 3.8) is 0 Å². The van der Waals surface area contributed by atoms with Gasteiger partial charge >= 0.3 is 0 Å². The molecule has 1 heterocycles. The van der Waals surface area contributed by atoms with Crippen LogP contribution in [0, 0.1) is 0 Å². The second-order valence-electron chi connectivity index (χ2n) is 5.03. The van der Waals surface area contributed by atoms with Gasteiger partial charge in [-0.3, -0.25) is 0 Å². The first-order chi connectivity index (χ1) is 8.99. The fourth-order valence-electron chi connectivity index (χ4n) is 2.21. The second kappa shape index (κ2) is 6.25. The van der Waals surface area contributed by atoms with E-state index in [0.717, 1.165) is 40.8 Å². The highest BCUT2D eigenvalue weighted by atomic mass is 79.9. The van der Waals surface area contributed by atoms with Gasteiger partial charge in [-0.05, 0) is 52.2 Å². The summed E-state index contributed by atoms with van der Waals surface area (Å²) in [6.07, 6.45) is 1.09. The molecule has 0 saturated heterocycles. The lowest BCUT2D eigenvalue weighted by Gasteiger charge is -2.13. The molecule has 0 saturated carbocycles. The lowest BCUT2D eigenvalue weighted by Crippen LogP contribution is -2.16. The number of nitrogens with zero attached hydrogens (tertiary/aromatic N) is 3. The maximum Gasteiger partial charge on any atom is 0.127 e. The molecule has 19 heavy (non-hydrogen) atoms. The highest BCUT2D eigenvalue weighted by molar-refractivity contribution is 9.10. The zero-order chi connectivity index (χ0) is 14.0. The van der Waals surface area contributed by atoms with Crippen LogP contribution >= 0.6 is 27.5 Å². The Balaban J connectivity index is 2.35. The third-order valence-electron chi connectivity index (χ3n) is 3.08. The Morgan fingerprint density at radius 1 is 1.42 bits per heavy atom. The molecule has 0 N–H and O–H groups in total. The number of imidazole rings is 1. The quantitative estimate of drug-likeness (QED) is 0.763. The molecule has 0 aliphatic rings. The first kappa shape index (κ1) is 14.8. The van der Waals surface area contributed by atoms with Crippen molar-refractivity contribution in [2.45, 2.75) is 25.3 Å². The maximum absolute atomic E-state index is 6.26. The van der Waals surface area contributed by atoms with Gasteiger partial charge < -0.3 is 9.47 Å². The predicted molar refractivity (Wildman–Crippen MR) is 84.9 cm³/mol. The third-order valence-corrected chi connectivity index (χ3v) is 3.77. The minimum atomic E-state index is -0.0782. The van der Waals surface area contributed by atoms with Crippen molar-refractivity contribution in [3.8, 4) is 0 Å². The van der Waals surface area contributed by atoms with Crippen LogP contribution in [0.2, 0.25) is 0 Å². The fourth-order valence-corrected chi connectivity index (χ4v) is 2.72.